The Morgan fingerprint density at radius 3 is 2.06 bits per heavy atom. The fourth-order valence-corrected chi connectivity index (χ4v) is 3.02. The summed E-state index contributed by atoms with van der Waals surface area (Å²) >= 11 is 0. The molecule has 160 valence electrons. The van der Waals surface area contributed by atoms with Crippen molar-refractivity contribution in [3.63, 3.8) is 0 Å². The smallest absolute Gasteiger partial charge is 0.257 e. The number of carbonyl (C=O) groups is 2. The molecule has 0 saturated heterocycles. The Balaban J connectivity index is 1.80. The molecule has 6 nitrogen and oxygen atoms in total. The van der Waals surface area contributed by atoms with Crippen molar-refractivity contribution in [1.29, 1.82) is 0 Å². The van der Waals surface area contributed by atoms with Crippen LogP contribution < -0.4 is 15.4 Å². The van der Waals surface area contributed by atoms with Crippen LogP contribution in [0.25, 0.3) is 0 Å². The minimum atomic E-state index is -0.459. The van der Waals surface area contributed by atoms with E-state index >= 15 is 0 Å². The van der Waals surface area contributed by atoms with Crippen molar-refractivity contribution < 1.29 is 19.4 Å². The zero-order valence-corrected chi connectivity index (χ0v) is 18.0. The maximum Gasteiger partial charge on any atom is 0.257 e. The molecule has 31 heavy (non-hydrogen) atoms. The Morgan fingerprint density at radius 2 is 1.48 bits per heavy atom. The number of hydrogen-bond acceptors (Lipinski definition) is 4. The van der Waals surface area contributed by atoms with Crippen LogP contribution in [-0.4, -0.2) is 24.0 Å². The molecule has 3 aromatic rings. The molecule has 0 bridgehead atoms. The van der Waals surface area contributed by atoms with Crippen molar-refractivity contribution in [2.24, 2.45) is 0 Å². The molecule has 0 atom stereocenters. The molecule has 0 aliphatic carbocycles. The number of rotatable bonds is 5. The molecular formula is C25H26N2O4. The Labute approximate surface area is 181 Å². The predicted octanol–water partition coefficient (Wildman–Crippen LogP) is 5.20. The molecule has 0 heterocycles. The van der Waals surface area contributed by atoms with E-state index in [0.717, 1.165) is 5.56 Å². The zero-order chi connectivity index (χ0) is 22.6. The monoisotopic (exact) mass is 418 g/mol. The van der Waals surface area contributed by atoms with Gasteiger partial charge in [-0.2, -0.15) is 0 Å². The molecule has 0 saturated carbocycles. The van der Waals surface area contributed by atoms with E-state index in [2.05, 4.69) is 31.4 Å². The zero-order valence-electron chi connectivity index (χ0n) is 18.0. The first-order chi connectivity index (χ1) is 14.7. The van der Waals surface area contributed by atoms with Gasteiger partial charge in [-0.3, -0.25) is 9.59 Å². The van der Waals surface area contributed by atoms with E-state index in [9.17, 15) is 14.7 Å². The van der Waals surface area contributed by atoms with Crippen LogP contribution in [0.15, 0.2) is 66.7 Å². The number of phenolic OH excluding ortho intramolecular Hbond substituents is 1. The Bertz CT molecular complexity index is 1080. The van der Waals surface area contributed by atoms with Crippen molar-refractivity contribution in [2.75, 3.05) is 17.7 Å². The van der Waals surface area contributed by atoms with Gasteiger partial charge in [0.1, 0.15) is 11.5 Å². The highest BCUT2D eigenvalue weighted by Gasteiger charge is 2.17. The second-order valence-electron chi connectivity index (χ2n) is 8.19. The topological polar surface area (TPSA) is 87.7 Å². The summed E-state index contributed by atoms with van der Waals surface area (Å²) < 4.78 is 5.11. The number of amides is 2. The number of hydrogen-bond donors (Lipinski definition) is 3. The van der Waals surface area contributed by atoms with Crippen LogP contribution in [0, 0.1) is 0 Å². The Kier molecular flexibility index (Phi) is 6.30. The number of benzene rings is 3. The molecule has 0 aliphatic heterocycles. The van der Waals surface area contributed by atoms with E-state index < -0.39 is 5.91 Å². The molecule has 3 rings (SSSR count). The summed E-state index contributed by atoms with van der Waals surface area (Å²) in [6, 6.07) is 18.4. The summed E-state index contributed by atoms with van der Waals surface area (Å²) in [6.07, 6.45) is 0. The molecule has 3 N–H and O–H groups in total. The summed E-state index contributed by atoms with van der Waals surface area (Å²) in [5.41, 5.74) is 2.59. The van der Waals surface area contributed by atoms with Crippen molar-refractivity contribution in [1.82, 2.24) is 0 Å². The van der Waals surface area contributed by atoms with E-state index in [1.54, 1.807) is 43.5 Å². The van der Waals surface area contributed by atoms with Crippen molar-refractivity contribution >= 4 is 23.2 Å². The van der Waals surface area contributed by atoms with Crippen molar-refractivity contribution in [3.05, 3.63) is 83.4 Å². The van der Waals surface area contributed by atoms with Gasteiger partial charge in [0.15, 0.2) is 0 Å². The molecule has 6 heteroatoms. The van der Waals surface area contributed by atoms with E-state index in [0.29, 0.717) is 22.7 Å². The number of phenols is 1. The van der Waals surface area contributed by atoms with Gasteiger partial charge in [-0.1, -0.05) is 32.9 Å². The molecule has 0 aromatic heterocycles. The van der Waals surface area contributed by atoms with Crippen LogP contribution >= 0.6 is 0 Å². The average molecular weight is 418 g/mol. The van der Waals surface area contributed by atoms with Crippen LogP contribution in [-0.2, 0) is 5.41 Å². The van der Waals surface area contributed by atoms with Crippen molar-refractivity contribution in [2.45, 2.75) is 26.2 Å². The van der Waals surface area contributed by atoms with E-state index in [1.165, 1.54) is 18.2 Å². The fourth-order valence-electron chi connectivity index (χ4n) is 3.02. The van der Waals surface area contributed by atoms with Gasteiger partial charge in [0.25, 0.3) is 11.8 Å². The first-order valence-electron chi connectivity index (χ1n) is 9.87. The quantitative estimate of drug-likeness (QED) is 0.497. The molecule has 2 amide bonds. The largest absolute Gasteiger partial charge is 0.508 e. The SMILES string of the molecule is COc1ccc(NC(=O)c2cc(O)ccc2NC(=O)c2ccc(C(C)(C)C)cc2)cc1. The summed E-state index contributed by atoms with van der Waals surface area (Å²) in [7, 11) is 1.56. The lowest BCUT2D eigenvalue weighted by atomic mass is 9.86. The second kappa shape index (κ2) is 8.92. The number of ether oxygens (including phenoxy) is 1. The maximum absolute atomic E-state index is 12.8. The highest BCUT2D eigenvalue weighted by molar-refractivity contribution is 6.12. The predicted molar refractivity (Wildman–Crippen MR) is 122 cm³/mol. The second-order valence-corrected chi connectivity index (χ2v) is 8.19. The number of aromatic hydroxyl groups is 1. The maximum atomic E-state index is 12.8. The van der Waals surface area contributed by atoms with Gasteiger partial charge in [0.2, 0.25) is 0 Å². The molecule has 0 fully saturated rings. The number of nitrogens with one attached hydrogen (secondary N) is 2. The molecular weight excluding hydrogens is 392 g/mol. The third-order valence-electron chi connectivity index (χ3n) is 4.86. The summed E-state index contributed by atoms with van der Waals surface area (Å²) in [5.74, 6) is -0.211. The average Bonchev–Trinajstić information content (AvgIpc) is 2.75. The van der Waals surface area contributed by atoms with Crippen LogP contribution in [0.3, 0.4) is 0 Å². The van der Waals surface area contributed by atoms with Crippen LogP contribution in [0.5, 0.6) is 11.5 Å². The number of methoxy groups -OCH3 is 1. The lowest BCUT2D eigenvalue weighted by Crippen LogP contribution is -2.18. The third kappa shape index (κ3) is 5.42. The highest BCUT2D eigenvalue weighted by Crippen LogP contribution is 2.25. The summed E-state index contributed by atoms with van der Waals surface area (Å²) in [6.45, 7) is 6.31. The summed E-state index contributed by atoms with van der Waals surface area (Å²) in [5, 5.41) is 15.4. The Hall–Kier alpha value is -3.80. The third-order valence-corrected chi connectivity index (χ3v) is 4.86. The molecule has 0 aliphatic rings. The van der Waals surface area contributed by atoms with Gasteiger partial charge in [-0.25, -0.2) is 0 Å². The molecule has 0 radical (unpaired) electrons. The van der Waals surface area contributed by atoms with Gasteiger partial charge in [-0.15, -0.1) is 0 Å². The minimum Gasteiger partial charge on any atom is -0.508 e. The standard InChI is InChI=1S/C25H26N2O4/c1-25(2,3)17-7-5-16(6-8-17)23(29)27-22-14-11-19(28)15-21(22)24(30)26-18-9-12-20(31-4)13-10-18/h5-15,28H,1-4H3,(H,26,30)(H,27,29). The van der Waals surface area contributed by atoms with E-state index in [1.807, 2.05) is 12.1 Å². The van der Waals surface area contributed by atoms with E-state index in [-0.39, 0.29) is 22.6 Å². The highest BCUT2D eigenvalue weighted by atomic mass is 16.5. The van der Waals surface area contributed by atoms with Gasteiger partial charge in [0.05, 0.1) is 18.4 Å². The van der Waals surface area contributed by atoms with Crippen LogP contribution in [0.4, 0.5) is 11.4 Å². The Morgan fingerprint density at radius 1 is 0.839 bits per heavy atom. The molecule has 0 unspecified atom stereocenters. The van der Waals surface area contributed by atoms with E-state index in [4.69, 9.17) is 4.74 Å². The van der Waals surface area contributed by atoms with Gasteiger partial charge in [-0.05, 0) is 65.6 Å². The lowest BCUT2D eigenvalue weighted by molar-refractivity contribution is 0.102. The molecule has 3 aromatic carbocycles. The lowest BCUT2D eigenvalue weighted by Gasteiger charge is -2.19. The van der Waals surface area contributed by atoms with Gasteiger partial charge >= 0.3 is 0 Å². The first-order valence-corrected chi connectivity index (χ1v) is 9.87. The minimum absolute atomic E-state index is 0.0152. The molecule has 0 spiro atoms. The normalized spacial score (nSPS) is 11.0. The first kappa shape index (κ1) is 21.9. The van der Waals surface area contributed by atoms with Crippen LogP contribution in [0.2, 0.25) is 0 Å². The van der Waals surface area contributed by atoms with Gasteiger partial charge in [0, 0.05) is 11.3 Å². The van der Waals surface area contributed by atoms with Gasteiger partial charge < -0.3 is 20.5 Å². The summed E-state index contributed by atoms with van der Waals surface area (Å²) in [4.78, 5) is 25.6. The fraction of sp³-hybridized carbons (Fsp3) is 0.200. The van der Waals surface area contributed by atoms with Crippen molar-refractivity contribution in [3.8, 4) is 11.5 Å². The number of anilines is 2. The number of carbonyl (C=O) groups excluding carboxylic acids is 2. The van der Waals surface area contributed by atoms with Crippen LogP contribution in [0.1, 0.15) is 47.1 Å².